The van der Waals surface area contributed by atoms with Gasteiger partial charge in [-0.25, -0.2) is 8.42 Å². The fourth-order valence-corrected chi connectivity index (χ4v) is 3.52. The molecule has 0 atom stereocenters. The Hall–Kier alpha value is -3.20. The molecule has 9 heteroatoms. The largest absolute Gasteiger partial charge is 0.480 e. The minimum atomic E-state index is -4.04. The van der Waals surface area contributed by atoms with Crippen LogP contribution in [0.4, 0.5) is 5.69 Å². The second-order valence-corrected chi connectivity index (χ2v) is 9.01. The van der Waals surface area contributed by atoms with E-state index < -0.39 is 33.9 Å². The number of rotatable bonds is 7. The average molecular weight is 418 g/mol. The first-order valence-electron chi connectivity index (χ1n) is 8.68. The Labute approximate surface area is 169 Å². The number of ketones is 1. The van der Waals surface area contributed by atoms with Crippen molar-refractivity contribution < 1.29 is 27.9 Å². The molecule has 0 spiro atoms. The monoisotopic (exact) mass is 418 g/mol. The first-order chi connectivity index (χ1) is 13.4. The van der Waals surface area contributed by atoms with E-state index in [4.69, 9.17) is 5.11 Å². The zero-order valence-corrected chi connectivity index (χ0v) is 17.0. The number of hydrogen-bond acceptors (Lipinski definition) is 5. The molecule has 0 aromatic heterocycles. The van der Waals surface area contributed by atoms with Gasteiger partial charge < -0.3 is 10.4 Å². The summed E-state index contributed by atoms with van der Waals surface area (Å²) in [5.41, 5.74) is -0.215. The van der Waals surface area contributed by atoms with Gasteiger partial charge >= 0.3 is 5.97 Å². The number of carboxylic acids is 1. The molecule has 0 saturated heterocycles. The molecule has 0 aliphatic carbocycles. The number of carboxylic acid groups (broad SMARTS) is 1. The summed E-state index contributed by atoms with van der Waals surface area (Å²) in [5.74, 6) is -2.06. The molecule has 154 valence electrons. The van der Waals surface area contributed by atoms with Crippen molar-refractivity contribution in [1.82, 2.24) is 5.32 Å². The first-order valence-corrected chi connectivity index (χ1v) is 10.2. The summed E-state index contributed by atoms with van der Waals surface area (Å²) in [6.45, 7) is 4.72. The fourth-order valence-electron chi connectivity index (χ4n) is 2.44. The summed E-state index contributed by atoms with van der Waals surface area (Å²) in [6.07, 6.45) is 0. The topological polar surface area (TPSA) is 130 Å². The molecule has 0 radical (unpaired) electrons. The van der Waals surface area contributed by atoms with Gasteiger partial charge in [0.15, 0.2) is 5.78 Å². The normalized spacial score (nSPS) is 11.6. The number of amides is 1. The van der Waals surface area contributed by atoms with E-state index >= 15 is 0 Å². The Morgan fingerprint density at radius 1 is 0.966 bits per heavy atom. The zero-order valence-electron chi connectivity index (χ0n) is 16.2. The van der Waals surface area contributed by atoms with Gasteiger partial charge in [0.2, 0.25) is 0 Å². The van der Waals surface area contributed by atoms with Crippen molar-refractivity contribution in [2.75, 3.05) is 11.3 Å². The molecular formula is C20H22N2O6S. The van der Waals surface area contributed by atoms with Crippen molar-refractivity contribution in [2.45, 2.75) is 25.7 Å². The molecule has 1 amide bonds. The van der Waals surface area contributed by atoms with Crippen LogP contribution in [0.2, 0.25) is 0 Å². The van der Waals surface area contributed by atoms with Gasteiger partial charge in [-0.15, -0.1) is 0 Å². The quantitative estimate of drug-likeness (QED) is 0.593. The summed E-state index contributed by atoms with van der Waals surface area (Å²) >= 11 is 0. The highest BCUT2D eigenvalue weighted by atomic mass is 32.2. The molecule has 2 aromatic rings. The van der Waals surface area contributed by atoms with Crippen LogP contribution in [-0.2, 0) is 14.8 Å². The van der Waals surface area contributed by atoms with E-state index in [1.165, 1.54) is 48.5 Å². The Morgan fingerprint density at radius 2 is 1.55 bits per heavy atom. The number of Topliss-reactive ketones (excluding diaryl/α,β-unsaturated/α-hetero) is 1. The Morgan fingerprint density at radius 3 is 2.10 bits per heavy atom. The molecule has 2 rings (SSSR count). The molecular weight excluding hydrogens is 396 g/mol. The lowest BCUT2D eigenvalue weighted by Crippen LogP contribution is -2.30. The van der Waals surface area contributed by atoms with E-state index in [0.717, 1.165) is 0 Å². The van der Waals surface area contributed by atoms with Gasteiger partial charge in [0, 0.05) is 11.0 Å². The van der Waals surface area contributed by atoms with E-state index in [-0.39, 0.29) is 21.9 Å². The molecule has 0 bridgehead atoms. The predicted octanol–water partition coefficient (Wildman–Crippen LogP) is 2.53. The minimum absolute atomic E-state index is 0.00485. The van der Waals surface area contributed by atoms with Crippen LogP contribution in [0.5, 0.6) is 0 Å². The summed E-state index contributed by atoms with van der Waals surface area (Å²) in [7, 11) is -4.04. The molecule has 0 unspecified atom stereocenters. The van der Waals surface area contributed by atoms with Gasteiger partial charge in [-0.2, -0.15) is 0 Å². The summed E-state index contributed by atoms with van der Waals surface area (Å²) in [5, 5.41) is 10.9. The molecule has 0 saturated carbocycles. The molecule has 8 nitrogen and oxygen atoms in total. The number of hydrogen-bond donors (Lipinski definition) is 3. The third kappa shape index (κ3) is 5.64. The number of anilines is 1. The molecule has 3 N–H and O–H groups in total. The van der Waals surface area contributed by atoms with Crippen LogP contribution in [0.25, 0.3) is 0 Å². The predicted molar refractivity (Wildman–Crippen MR) is 107 cm³/mol. The lowest BCUT2D eigenvalue weighted by Gasteiger charge is -2.17. The van der Waals surface area contributed by atoms with Crippen molar-refractivity contribution in [3.8, 4) is 0 Å². The first kappa shape index (κ1) is 22.1. The number of carbonyl (C=O) groups is 3. The van der Waals surface area contributed by atoms with Crippen LogP contribution in [-0.4, -0.2) is 37.7 Å². The van der Waals surface area contributed by atoms with E-state index in [0.29, 0.717) is 5.56 Å². The van der Waals surface area contributed by atoms with E-state index in [1.54, 1.807) is 20.8 Å². The van der Waals surface area contributed by atoms with Crippen LogP contribution in [0, 0.1) is 5.41 Å². The van der Waals surface area contributed by atoms with Crippen molar-refractivity contribution in [3.05, 3.63) is 59.7 Å². The van der Waals surface area contributed by atoms with Crippen LogP contribution in [0.1, 0.15) is 41.5 Å². The third-order valence-electron chi connectivity index (χ3n) is 3.92. The van der Waals surface area contributed by atoms with Crippen molar-refractivity contribution in [1.29, 1.82) is 0 Å². The number of nitrogens with one attached hydrogen (secondary N) is 2. The molecule has 0 fully saturated rings. The number of aliphatic carboxylic acids is 1. The average Bonchev–Trinajstić information content (AvgIpc) is 2.65. The summed E-state index contributed by atoms with van der Waals surface area (Å²) < 4.78 is 27.7. The third-order valence-corrected chi connectivity index (χ3v) is 5.31. The summed E-state index contributed by atoms with van der Waals surface area (Å²) in [4.78, 5) is 35.0. The van der Waals surface area contributed by atoms with Crippen molar-refractivity contribution in [3.63, 3.8) is 0 Å². The van der Waals surface area contributed by atoms with Gasteiger partial charge in [-0.1, -0.05) is 45.0 Å². The highest BCUT2D eigenvalue weighted by Crippen LogP contribution is 2.24. The molecule has 0 aliphatic heterocycles. The minimum Gasteiger partial charge on any atom is -0.480 e. The van der Waals surface area contributed by atoms with Crippen LogP contribution >= 0.6 is 0 Å². The van der Waals surface area contributed by atoms with Crippen LogP contribution < -0.4 is 10.0 Å². The standard InChI is InChI=1S/C20H22N2O6S/c1-20(2,3)18(25)13-8-10-14(11-9-13)29(27,28)22-16-7-5-4-6-15(16)19(26)21-12-17(23)24/h4-11,22H,12H2,1-3H3,(H,21,26)(H,23,24). The van der Waals surface area contributed by atoms with E-state index in [1.807, 2.05) is 0 Å². The number of para-hydroxylation sites is 1. The maximum Gasteiger partial charge on any atom is 0.322 e. The van der Waals surface area contributed by atoms with E-state index in [2.05, 4.69) is 10.0 Å². The van der Waals surface area contributed by atoms with Crippen LogP contribution in [0.3, 0.4) is 0 Å². The van der Waals surface area contributed by atoms with Gasteiger partial charge in [0.25, 0.3) is 15.9 Å². The van der Waals surface area contributed by atoms with Gasteiger partial charge in [0.1, 0.15) is 6.54 Å². The smallest absolute Gasteiger partial charge is 0.322 e. The highest BCUT2D eigenvalue weighted by molar-refractivity contribution is 7.92. The molecule has 29 heavy (non-hydrogen) atoms. The van der Waals surface area contributed by atoms with Crippen LogP contribution in [0.15, 0.2) is 53.4 Å². The maximum absolute atomic E-state index is 12.7. The zero-order chi connectivity index (χ0) is 21.8. The van der Waals surface area contributed by atoms with Gasteiger partial charge in [-0.3, -0.25) is 19.1 Å². The number of sulfonamides is 1. The lowest BCUT2D eigenvalue weighted by atomic mass is 9.87. The summed E-state index contributed by atoms with van der Waals surface area (Å²) in [6, 6.07) is 11.3. The fraction of sp³-hybridized carbons (Fsp3) is 0.250. The van der Waals surface area contributed by atoms with Gasteiger partial charge in [0.05, 0.1) is 16.1 Å². The SMILES string of the molecule is CC(C)(C)C(=O)c1ccc(S(=O)(=O)Nc2ccccc2C(=O)NCC(=O)O)cc1. The second kappa shape index (κ2) is 8.44. The van der Waals surface area contributed by atoms with Crippen molar-refractivity contribution in [2.24, 2.45) is 5.41 Å². The maximum atomic E-state index is 12.7. The van der Waals surface area contributed by atoms with Crippen molar-refractivity contribution >= 4 is 33.4 Å². The Balaban J connectivity index is 2.27. The highest BCUT2D eigenvalue weighted by Gasteiger charge is 2.24. The van der Waals surface area contributed by atoms with Gasteiger partial charge in [-0.05, 0) is 24.3 Å². The molecule has 0 heterocycles. The number of benzene rings is 2. The second-order valence-electron chi connectivity index (χ2n) is 7.33. The lowest BCUT2D eigenvalue weighted by molar-refractivity contribution is -0.135. The van der Waals surface area contributed by atoms with E-state index in [9.17, 15) is 22.8 Å². The number of carbonyl (C=O) groups excluding carboxylic acids is 2. The molecule has 2 aromatic carbocycles. The molecule has 0 aliphatic rings. The Kier molecular flexibility index (Phi) is 6.43. The Bertz CT molecular complexity index is 1040.